The quantitative estimate of drug-likeness (QED) is 0.663. The van der Waals surface area contributed by atoms with Crippen LogP contribution in [0.2, 0.25) is 0 Å². The first-order chi connectivity index (χ1) is 13.6. The zero-order valence-electron chi connectivity index (χ0n) is 18.2. The molecule has 4 aliphatic rings. The Kier molecular flexibility index (Phi) is 5.57. The molecule has 10 unspecified atom stereocenters. The Morgan fingerprint density at radius 1 is 1.07 bits per heavy atom. The van der Waals surface area contributed by atoms with Crippen LogP contribution in [-0.2, 0) is 4.79 Å². The van der Waals surface area contributed by atoms with E-state index in [2.05, 4.69) is 20.8 Å². The molecule has 0 aromatic rings. The average Bonchev–Trinajstić information content (AvgIpc) is 3.01. The van der Waals surface area contributed by atoms with E-state index in [0.717, 1.165) is 44.9 Å². The lowest BCUT2D eigenvalue weighted by molar-refractivity contribution is -0.306. The van der Waals surface area contributed by atoms with Gasteiger partial charge in [-0.3, -0.25) is 0 Å². The second kappa shape index (κ2) is 7.49. The Morgan fingerprint density at radius 2 is 1.79 bits per heavy atom. The minimum absolute atomic E-state index is 0.0747. The molecule has 166 valence electrons. The zero-order chi connectivity index (χ0) is 21.1. The predicted octanol–water partition coefficient (Wildman–Crippen LogP) is 2.11. The lowest BCUT2D eigenvalue weighted by Crippen LogP contribution is -2.62. The number of carboxylic acid groups (broad SMARTS) is 1. The van der Waals surface area contributed by atoms with Crippen molar-refractivity contribution < 1.29 is 25.2 Å². The number of carboxylic acids is 1. The van der Waals surface area contributed by atoms with Gasteiger partial charge in [0.25, 0.3) is 0 Å². The molecule has 29 heavy (non-hydrogen) atoms. The Labute approximate surface area is 174 Å². The molecule has 11 atom stereocenters. The van der Waals surface area contributed by atoms with Gasteiger partial charge >= 0.3 is 0 Å². The molecule has 0 aliphatic heterocycles. The number of carbonyl (C=O) groups excluding carboxylic acids is 1. The number of hydrogen-bond acceptors (Lipinski definition) is 5. The Bertz CT molecular complexity index is 637. The third-order valence-corrected chi connectivity index (χ3v) is 10.3. The Morgan fingerprint density at radius 3 is 2.48 bits per heavy atom. The predicted molar refractivity (Wildman–Crippen MR) is 107 cm³/mol. The lowest BCUT2D eigenvalue weighted by Gasteiger charge is -2.63. The van der Waals surface area contributed by atoms with Crippen LogP contribution in [0.4, 0.5) is 0 Å². The van der Waals surface area contributed by atoms with Crippen LogP contribution in [0.1, 0.15) is 78.6 Å². The van der Waals surface area contributed by atoms with Crippen LogP contribution >= 0.6 is 0 Å². The number of fused-ring (bicyclic) bond motifs is 5. The summed E-state index contributed by atoms with van der Waals surface area (Å²) in [5.41, 5.74) is -0.172. The first-order valence-corrected chi connectivity index (χ1v) is 11.8. The molecule has 0 spiro atoms. The summed E-state index contributed by atoms with van der Waals surface area (Å²) in [6.07, 6.45) is 5.72. The molecule has 4 fully saturated rings. The van der Waals surface area contributed by atoms with E-state index in [4.69, 9.17) is 0 Å². The summed E-state index contributed by atoms with van der Waals surface area (Å²) >= 11 is 0. The lowest BCUT2D eigenvalue weighted by atomic mass is 9.43. The third-order valence-electron chi connectivity index (χ3n) is 10.3. The van der Waals surface area contributed by atoms with Gasteiger partial charge in [-0.05, 0) is 104 Å². The fraction of sp³-hybridized carbons (Fsp3) is 0.958. The highest BCUT2D eigenvalue weighted by molar-refractivity contribution is 5.64. The van der Waals surface area contributed by atoms with Crippen molar-refractivity contribution in [2.24, 2.45) is 46.3 Å². The molecule has 5 nitrogen and oxygen atoms in total. The molecule has 0 aromatic carbocycles. The maximum absolute atomic E-state index is 11.5. The van der Waals surface area contributed by atoms with Crippen LogP contribution in [0.3, 0.4) is 0 Å². The minimum atomic E-state index is -0.998. The fourth-order valence-electron chi connectivity index (χ4n) is 8.68. The smallest absolute Gasteiger partial charge is 0.0602 e. The number of rotatable bonds is 4. The molecular weight excluding hydrogens is 368 g/mol. The monoisotopic (exact) mass is 407 g/mol. The van der Waals surface area contributed by atoms with Gasteiger partial charge in [0.1, 0.15) is 0 Å². The van der Waals surface area contributed by atoms with E-state index in [-0.39, 0.29) is 53.1 Å². The third kappa shape index (κ3) is 3.27. The second-order valence-corrected chi connectivity index (χ2v) is 11.4. The number of aliphatic hydroxyl groups is 3. The maximum Gasteiger partial charge on any atom is 0.0602 e. The van der Waals surface area contributed by atoms with Gasteiger partial charge in [-0.15, -0.1) is 0 Å². The van der Waals surface area contributed by atoms with Crippen LogP contribution in [0, 0.1) is 46.3 Å². The highest BCUT2D eigenvalue weighted by Crippen LogP contribution is 2.68. The first-order valence-electron chi connectivity index (χ1n) is 11.8. The van der Waals surface area contributed by atoms with E-state index in [9.17, 15) is 25.2 Å². The largest absolute Gasteiger partial charge is 0.550 e. The number of hydrogen-bond donors (Lipinski definition) is 3. The first kappa shape index (κ1) is 21.6. The van der Waals surface area contributed by atoms with Gasteiger partial charge in [0.2, 0.25) is 0 Å². The summed E-state index contributed by atoms with van der Waals surface area (Å²) in [4.78, 5) is 11.0. The second-order valence-electron chi connectivity index (χ2n) is 11.4. The van der Waals surface area contributed by atoms with Crippen LogP contribution in [0.5, 0.6) is 0 Å². The molecule has 4 aliphatic carbocycles. The number of aliphatic carboxylic acids is 1. The van der Waals surface area contributed by atoms with Crippen molar-refractivity contribution in [1.29, 1.82) is 0 Å². The van der Waals surface area contributed by atoms with Crippen molar-refractivity contribution in [2.45, 2.75) is 96.9 Å². The highest BCUT2D eigenvalue weighted by Gasteiger charge is 2.65. The fourth-order valence-corrected chi connectivity index (χ4v) is 8.68. The molecule has 0 saturated heterocycles. The molecule has 5 heteroatoms. The van der Waals surface area contributed by atoms with Crippen LogP contribution in [0.15, 0.2) is 0 Å². The normalized spacial score (nSPS) is 52.9. The van der Waals surface area contributed by atoms with Gasteiger partial charge in [-0.25, -0.2) is 0 Å². The van der Waals surface area contributed by atoms with Gasteiger partial charge in [0.15, 0.2) is 0 Å². The molecule has 4 saturated carbocycles. The van der Waals surface area contributed by atoms with E-state index in [1.165, 1.54) is 0 Å². The highest BCUT2D eigenvalue weighted by atomic mass is 16.4. The molecule has 0 bridgehead atoms. The molecule has 4 rings (SSSR count). The van der Waals surface area contributed by atoms with E-state index in [0.29, 0.717) is 18.3 Å². The van der Waals surface area contributed by atoms with Crippen molar-refractivity contribution in [3.63, 3.8) is 0 Å². The van der Waals surface area contributed by atoms with Crippen molar-refractivity contribution in [3.8, 4) is 0 Å². The van der Waals surface area contributed by atoms with Crippen LogP contribution < -0.4 is 5.11 Å². The Hall–Kier alpha value is -0.650. The van der Waals surface area contributed by atoms with E-state index >= 15 is 0 Å². The number of carbonyl (C=O) groups is 1. The van der Waals surface area contributed by atoms with Crippen molar-refractivity contribution in [3.05, 3.63) is 0 Å². The summed E-state index contributed by atoms with van der Waals surface area (Å²) in [5, 5.41) is 43.9. The van der Waals surface area contributed by atoms with Crippen molar-refractivity contribution in [2.75, 3.05) is 0 Å². The Balaban J connectivity index is 1.61. The molecular formula is C24H39O5-. The molecule has 0 heterocycles. The molecule has 0 radical (unpaired) electrons. The van der Waals surface area contributed by atoms with E-state index < -0.39 is 12.1 Å². The summed E-state index contributed by atoms with van der Waals surface area (Å²) in [6.45, 7) is 6.67. The van der Waals surface area contributed by atoms with E-state index in [1.807, 2.05) is 0 Å². The van der Waals surface area contributed by atoms with Crippen molar-refractivity contribution in [1.82, 2.24) is 0 Å². The van der Waals surface area contributed by atoms with Gasteiger partial charge in [0.05, 0.1) is 18.3 Å². The molecule has 0 aromatic heterocycles. The minimum Gasteiger partial charge on any atom is -0.550 e. The van der Waals surface area contributed by atoms with Crippen molar-refractivity contribution >= 4 is 5.97 Å². The number of aliphatic hydroxyl groups excluding tert-OH is 3. The molecule has 3 N–H and O–H groups in total. The average molecular weight is 408 g/mol. The van der Waals surface area contributed by atoms with Crippen LogP contribution in [-0.4, -0.2) is 39.6 Å². The van der Waals surface area contributed by atoms with Gasteiger partial charge in [0, 0.05) is 5.97 Å². The van der Waals surface area contributed by atoms with Crippen LogP contribution in [0.25, 0.3) is 0 Å². The standard InChI is InChI=1S/C24H40O5/c1-13(4-7-21(28)29)16-5-6-17-22-18(12-20(27)24(16,17)3)23(2)9-8-15(25)10-14(23)11-19(22)26/h13-20,22,25-27H,4-12H2,1-3H3,(H,28,29)/p-1/t13-,14?,15?,16?,17?,18?,19?,20?,22?,23?,24?/m1/s1. The summed E-state index contributed by atoms with van der Waals surface area (Å²) < 4.78 is 0. The van der Waals surface area contributed by atoms with Gasteiger partial charge in [-0.1, -0.05) is 20.8 Å². The van der Waals surface area contributed by atoms with Gasteiger partial charge < -0.3 is 25.2 Å². The summed E-state index contributed by atoms with van der Waals surface area (Å²) in [5.74, 6) is 0.635. The maximum atomic E-state index is 11.5. The topological polar surface area (TPSA) is 101 Å². The summed E-state index contributed by atoms with van der Waals surface area (Å²) in [7, 11) is 0. The SMILES string of the molecule is C[C@H](CCC(=O)[O-])C1CCC2C3C(O)CC4CC(O)CCC4(C)C3CC(O)C21C. The molecule has 0 amide bonds. The zero-order valence-corrected chi connectivity index (χ0v) is 18.2. The van der Waals surface area contributed by atoms with Gasteiger partial charge in [-0.2, -0.15) is 0 Å². The summed E-state index contributed by atoms with van der Waals surface area (Å²) in [6, 6.07) is 0. The van der Waals surface area contributed by atoms with E-state index in [1.54, 1.807) is 0 Å².